The molecule has 92 valence electrons. The third-order valence-corrected chi connectivity index (χ3v) is 3.04. The van der Waals surface area contributed by atoms with E-state index >= 15 is 0 Å². The number of rotatable bonds is 3. The fourth-order valence-corrected chi connectivity index (χ4v) is 2.19. The Balaban J connectivity index is 2.47. The monoisotopic (exact) mass is 240 g/mol. The lowest BCUT2D eigenvalue weighted by molar-refractivity contribution is 0.112. The fourth-order valence-electron chi connectivity index (χ4n) is 2.19. The van der Waals surface area contributed by atoms with Gasteiger partial charge in [0.25, 0.3) is 0 Å². The first-order chi connectivity index (χ1) is 8.65. The van der Waals surface area contributed by atoms with E-state index in [9.17, 15) is 4.79 Å². The van der Waals surface area contributed by atoms with Crippen LogP contribution in [0.5, 0.6) is 5.75 Å². The number of ether oxygens (including phenoxy) is 1. The van der Waals surface area contributed by atoms with E-state index in [2.05, 4.69) is 12.1 Å². The van der Waals surface area contributed by atoms with Gasteiger partial charge in [-0.2, -0.15) is 0 Å². The molecule has 0 aromatic heterocycles. The molecule has 0 spiro atoms. The molecule has 0 unspecified atom stereocenters. The molecule has 18 heavy (non-hydrogen) atoms. The van der Waals surface area contributed by atoms with E-state index in [-0.39, 0.29) is 0 Å². The minimum absolute atomic E-state index is 0.695. The van der Waals surface area contributed by atoms with Crippen LogP contribution in [0, 0.1) is 13.8 Å². The van der Waals surface area contributed by atoms with Crippen molar-refractivity contribution in [3.8, 4) is 16.9 Å². The van der Waals surface area contributed by atoms with E-state index in [1.54, 1.807) is 7.11 Å². The van der Waals surface area contributed by atoms with Crippen LogP contribution in [0.15, 0.2) is 36.4 Å². The zero-order chi connectivity index (χ0) is 13.1. The topological polar surface area (TPSA) is 26.3 Å². The maximum atomic E-state index is 10.6. The molecular weight excluding hydrogens is 224 g/mol. The number of hydrogen-bond donors (Lipinski definition) is 0. The molecule has 0 atom stereocenters. The second-order valence-electron chi connectivity index (χ2n) is 4.38. The van der Waals surface area contributed by atoms with E-state index in [0.29, 0.717) is 5.56 Å². The second-order valence-corrected chi connectivity index (χ2v) is 4.38. The third kappa shape index (κ3) is 2.28. The summed E-state index contributed by atoms with van der Waals surface area (Å²) >= 11 is 0. The predicted octanol–water partition coefficient (Wildman–Crippen LogP) is 3.79. The van der Waals surface area contributed by atoms with Crippen LogP contribution in [0.1, 0.15) is 21.5 Å². The number of aldehydes is 1. The van der Waals surface area contributed by atoms with Crippen molar-refractivity contribution in [1.82, 2.24) is 0 Å². The van der Waals surface area contributed by atoms with Crippen molar-refractivity contribution in [2.45, 2.75) is 13.8 Å². The number of carbonyl (C=O) groups is 1. The van der Waals surface area contributed by atoms with Crippen molar-refractivity contribution in [1.29, 1.82) is 0 Å². The molecule has 0 bridgehead atoms. The van der Waals surface area contributed by atoms with Gasteiger partial charge in [-0.1, -0.05) is 24.3 Å². The van der Waals surface area contributed by atoms with Crippen LogP contribution < -0.4 is 4.74 Å². The number of benzene rings is 2. The SMILES string of the molecule is COc1c(C)cc(-c2ccc(C=O)cc2)cc1C. The first kappa shape index (κ1) is 12.4. The molecule has 0 saturated heterocycles. The van der Waals surface area contributed by atoms with Crippen molar-refractivity contribution in [2.75, 3.05) is 7.11 Å². The Kier molecular flexibility index (Phi) is 3.47. The van der Waals surface area contributed by atoms with Crippen LogP contribution in [0.2, 0.25) is 0 Å². The van der Waals surface area contributed by atoms with Crippen molar-refractivity contribution in [2.24, 2.45) is 0 Å². The molecule has 2 nitrogen and oxygen atoms in total. The molecule has 2 aromatic carbocycles. The quantitative estimate of drug-likeness (QED) is 0.763. The van der Waals surface area contributed by atoms with E-state index < -0.39 is 0 Å². The molecule has 2 heteroatoms. The number of carbonyl (C=O) groups excluding carboxylic acids is 1. The Morgan fingerprint density at radius 1 is 0.944 bits per heavy atom. The highest BCUT2D eigenvalue weighted by Gasteiger charge is 2.06. The Labute approximate surface area is 107 Å². The average molecular weight is 240 g/mol. The number of methoxy groups -OCH3 is 1. The van der Waals surface area contributed by atoms with Gasteiger partial charge >= 0.3 is 0 Å². The van der Waals surface area contributed by atoms with Crippen molar-refractivity contribution in [3.63, 3.8) is 0 Å². The number of aryl methyl sites for hydroxylation is 2. The van der Waals surface area contributed by atoms with Gasteiger partial charge in [-0.15, -0.1) is 0 Å². The molecule has 0 N–H and O–H groups in total. The highest BCUT2D eigenvalue weighted by molar-refractivity contribution is 5.77. The molecule has 0 amide bonds. The van der Waals surface area contributed by atoms with Crippen molar-refractivity contribution in [3.05, 3.63) is 53.1 Å². The van der Waals surface area contributed by atoms with Gasteiger partial charge in [0.05, 0.1) is 7.11 Å². The Bertz CT molecular complexity index is 545. The van der Waals surface area contributed by atoms with Crippen LogP contribution >= 0.6 is 0 Å². The smallest absolute Gasteiger partial charge is 0.150 e. The summed E-state index contributed by atoms with van der Waals surface area (Å²) in [5.74, 6) is 0.934. The molecule has 0 aliphatic carbocycles. The highest BCUT2D eigenvalue weighted by atomic mass is 16.5. The zero-order valence-corrected chi connectivity index (χ0v) is 10.9. The molecule has 0 aliphatic heterocycles. The number of hydrogen-bond acceptors (Lipinski definition) is 2. The Morgan fingerprint density at radius 2 is 1.50 bits per heavy atom. The van der Waals surface area contributed by atoms with Crippen molar-refractivity contribution < 1.29 is 9.53 Å². The van der Waals surface area contributed by atoms with E-state index in [1.165, 1.54) is 0 Å². The summed E-state index contributed by atoms with van der Waals surface area (Å²) in [6, 6.07) is 11.8. The predicted molar refractivity (Wildman–Crippen MR) is 73.3 cm³/mol. The largest absolute Gasteiger partial charge is 0.496 e. The van der Waals surface area contributed by atoms with Crippen LogP contribution in [0.25, 0.3) is 11.1 Å². The summed E-state index contributed by atoms with van der Waals surface area (Å²) in [5.41, 5.74) is 5.18. The third-order valence-electron chi connectivity index (χ3n) is 3.04. The van der Waals surface area contributed by atoms with Gasteiger partial charge in [0.2, 0.25) is 0 Å². The van der Waals surface area contributed by atoms with Gasteiger partial charge in [0, 0.05) is 5.56 Å². The summed E-state index contributed by atoms with van der Waals surface area (Å²) < 4.78 is 5.36. The van der Waals surface area contributed by atoms with Gasteiger partial charge in [-0.25, -0.2) is 0 Å². The molecule has 0 saturated carbocycles. The maximum absolute atomic E-state index is 10.6. The van der Waals surface area contributed by atoms with Gasteiger partial charge in [0.15, 0.2) is 0 Å². The first-order valence-electron chi connectivity index (χ1n) is 5.86. The van der Waals surface area contributed by atoms with Crippen LogP contribution in [-0.2, 0) is 0 Å². The minimum Gasteiger partial charge on any atom is -0.496 e. The lowest BCUT2D eigenvalue weighted by atomic mass is 9.99. The molecule has 2 aromatic rings. The van der Waals surface area contributed by atoms with Crippen molar-refractivity contribution >= 4 is 6.29 Å². The molecule has 0 aliphatic rings. The fraction of sp³-hybridized carbons (Fsp3) is 0.188. The molecule has 2 rings (SSSR count). The Hall–Kier alpha value is -2.09. The molecular formula is C16H16O2. The summed E-state index contributed by atoms with van der Waals surface area (Å²) in [6.07, 6.45) is 0.855. The summed E-state index contributed by atoms with van der Waals surface area (Å²) in [7, 11) is 1.69. The highest BCUT2D eigenvalue weighted by Crippen LogP contribution is 2.29. The van der Waals surface area contributed by atoms with Gasteiger partial charge < -0.3 is 4.74 Å². The van der Waals surface area contributed by atoms with Gasteiger partial charge in [-0.05, 0) is 48.2 Å². The van der Waals surface area contributed by atoms with E-state index in [1.807, 2.05) is 38.1 Å². The summed E-state index contributed by atoms with van der Waals surface area (Å²) in [5, 5.41) is 0. The standard InChI is InChI=1S/C16H16O2/c1-11-8-15(9-12(2)16(11)18-3)14-6-4-13(10-17)5-7-14/h4-10H,1-3H3. The van der Waals surface area contributed by atoms with E-state index in [0.717, 1.165) is 34.3 Å². The summed E-state index contributed by atoms with van der Waals surface area (Å²) in [4.78, 5) is 10.6. The molecule has 0 radical (unpaired) electrons. The molecule has 0 fully saturated rings. The van der Waals surface area contributed by atoms with Gasteiger partial charge in [0.1, 0.15) is 12.0 Å². The van der Waals surface area contributed by atoms with E-state index in [4.69, 9.17) is 4.74 Å². The van der Waals surface area contributed by atoms with Gasteiger partial charge in [-0.3, -0.25) is 4.79 Å². The first-order valence-corrected chi connectivity index (χ1v) is 5.86. The Morgan fingerprint density at radius 3 is 1.94 bits per heavy atom. The average Bonchev–Trinajstić information content (AvgIpc) is 2.38. The maximum Gasteiger partial charge on any atom is 0.150 e. The zero-order valence-electron chi connectivity index (χ0n) is 10.9. The van der Waals surface area contributed by atoms with Crippen LogP contribution in [0.3, 0.4) is 0 Å². The minimum atomic E-state index is 0.695. The second kappa shape index (κ2) is 5.05. The van der Waals surface area contributed by atoms with Crippen LogP contribution in [-0.4, -0.2) is 13.4 Å². The normalized spacial score (nSPS) is 10.2. The summed E-state index contributed by atoms with van der Waals surface area (Å²) in [6.45, 7) is 4.07. The lowest BCUT2D eigenvalue weighted by Gasteiger charge is -2.11. The lowest BCUT2D eigenvalue weighted by Crippen LogP contribution is -1.92. The van der Waals surface area contributed by atoms with Crippen LogP contribution in [0.4, 0.5) is 0 Å². The molecule has 0 heterocycles.